The second kappa shape index (κ2) is 8.57. The van der Waals surface area contributed by atoms with Crippen molar-refractivity contribution in [1.82, 2.24) is 9.97 Å². The first kappa shape index (κ1) is 18.9. The molecule has 0 amide bonds. The minimum absolute atomic E-state index is 0.0751. The van der Waals surface area contributed by atoms with E-state index in [0.29, 0.717) is 12.5 Å². The van der Waals surface area contributed by atoms with Gasteiger partial charge in [-0.25, -0.2) is 0 Å². The summed E-state index contributed by atoms with van der Waals surface area (Å²) in [4.78, 5) is 29.0. The second-order valence-corrected chi connectivity index (χ2v) is 6.85. The number of hydrogen-bond donors (Lipinski definition) is 3. The van der Waals surface area contributed by atoms with Gasteiger partial charge in [-0.15, -0.1) is 0 Å². The third-order valence-electron chi connectivity index (χ3n) is 3.19. The molecule has 134 valence electrons. The quantitative estimate of drug-likeness (QED) is 0.486. The van der Waals surface area contributed by atoms with E-state index >= 15 is 0 Å². The number of nitrogens with zero attached hydrogens (tertiary/aromatic N) is 1. The van der Waals surface area contributed by atoms with Crippen LogP contribution in [0, 0.1) is 5.92 Å². The van der Waals surface area contributed by atoms with Gasteiger partial charge in [0.1, 0.15) is 5.75 Å². The van der Waals surface area contributed by atoms with Crippen molar-refractivity contribution in [3.05, 3.63) is 45.7 Å². The Balaban J connectivity index is 2.09. The van der Waals surface area contributed by atoms with Crippen molar-refractivity contribution >= 4 is 17.7 Å². The van der Waals surface area contributed by atoms with Crippen LogP contribution in [0.2, 0.25) is 0 Å². The van der Waals surface area contributed by atoms with Crippen molar-refractivity contribution < 1.29 is 19.7 Å². The maximum absolute atomic E-state index is 12.1. The number of carboxylic acid groups (broad SMARTS) is 1. The molecule has 1 aromatic heterocycles. The zero-order valence-corrected chi connectivity index (χ0v) is 14.8. The minimum Gasteiger partial charge on any atom is -0.493 e. The molecule has 0 aliphatic carbocycles. The summed E-state index contributed by atoms with van der Waals surface area (Å²) >= 11 is 0.839. The zero-order chi connectivity index (χ0) is 18.4. The Kier molecular flexibility index (Phi) is 6.46. The van der Waals surface area contributed by atoms with Crippen LogP contribution in [0.3, 0.4) is 0 Å². The lowest BCUT2D eigenvalue weighted by Gasteiger charge is -2.09. The number of rotatable bonds is 8. The van der Waals surface area contributed by atoms with Crippen molar-refractivity contribution in [2.45, 2.75) is 25.4 Å². The molecule has 0 bridgehead atoms. The van der Waals surface area contributed by atoms with Gasteiger partial charge in [0, 0.05) is 6.42 Å². The van der Waals surface area contributed by atoms with Crippen LogP contribution in [0.15, 0.2) is 34.2 Å². The third-order valence-corrected chi connectivity index (χ3v) is 4.05. The lowest BCUT2D eigenvalue weighted by atomic mass is 10.1. The molecule has 8 heteroatoms. The number of aliphatic carboxylic acids is 1. The van der Waals surface area contributed by atoms with Gasteiger partial charge in [-0.05, 0) is 23.6 Å². The van der Waals surface area contributed by atoms with E-state index < -0.39 is 17.4 Å². The highest BCUT2D eigenvalue weighted by Crippen LogP contribution is 2.20. The SMILES string of the molecule is CC(C)COc1ccc(Cc2c(O)nc(SCC(=O)O)[nH]c2=O)cc1. The number of hydrogen-bond acceptors (Lipinski definition) is 6. The molecule has 25 heavy (non-hydrogen) atoms. The van der Waals surface area contributed by atoms with E-state index in [2.05, 4.69) is 23.8 Å². The Labute approximate surface area is 149 Å². The van der Waals surface area contributed by atoms with E-state index in [4.69, 9.17) is 9.84 Å². The lowest BCUT2D eigenvalue weighted by Crippen LogP contribution is -2.16. The largest absolute Gasteiger partial charge is 0.493 e. The monoisotopic (exact) mass is 364 g/mol. The van der Waals surface area contributed by atoms with Gasteiger partial charge in [-0.1, -0.05) is 37.7 Å². The van der Waals surface area contributed by atoms with E-state index in [9.17, 15) is 14.7 Å². The van der Waals surface area contributed by atoms with Gasteiger partial charge in [0.15, 0.2) is 5.16 Å². The molecule has 0 spiro atoms. The van der Waals surface area contributed by atoms with E-state index in [1.54, 1.807) is 0 Å². The highest BCUT2D eigenvalue weighted by atomic mass is 32.2. The summed E-state index contributed by atoms with van der Waals surface area (Å²) in [7, 11) is 0. The molecule has 0 saturated carbocycles. The number of aromatic amines is 1. The molecule has 0 aliphatic heterocycles. The molecule has 0 unspecified atom stereocenters. The Bertz CT molecular complexity index is 787. The Morgan fingerprint density at radius 2 is 2.00 bits per heavy atom. The van der Waals surface area contributed by atoms with Crippen LogP contribution in [-0.2, 0) is 11.2 Å². The molecular formula is C17H20N2O5S. The average molecular weight is 364 g/mol. The number of aromatic nitrogens is 2. The van der Waals surface area contributed by atoms with Crippen molar-refractivity contribution in [2.24, 2.45) is 5.92 Å². The van der Waals surface area contributed by atoms with Gasteiger partial charge in [-0.2, -0.15) is 4.98 Å². The number of H-pyrrole nitrogens is 1. The molecule has 0 atom stereocenters. The molecule has 3 N–H and O–H groups in total. The van der Waals surface area contributed by atoms with Gasteiger partial charge >= 0.3 is 5.97 Å². The Hall–Kier alpha value is -2.48. The first-order valence-corrected chi connectivity index (χ1v) is 8.72. The van der Waals surface area contributed by atoms with Gasteiger partial charge < -0.3 is 19.9 Å². The van der Waals surface area contributed by atoms with E-state index in [0.717, 1.165) is 23.1 Å². The molecule has 2 rings (SSSR count). The molecule has 1 heterocycles. The van der Waals surface area contributed by atoms with Crippen LogP contribution in [0.25, 0.3) is 0 Å². The molecular weight excluding hydrogens is 344 g/mol. The standard InChI is InChI=1S/C17H20N2O5S/c1-10(2)8-24-12-5-3-11(4-6-12)7-13-15(22)18-17(19-16(13)23)25-9-14(20)21/h3-6,10H,7-9H2,1-2H3,(H,20,21)(H2,18,19,22,23). The molecule has 2 aromatic rings. The smallest absolute Gasteiger partial charge is 0.313 e. The van der Waals surface area contributed by atoms with E-state index in [1.807, 2.05) is 24.3 Å². The third kappa shape index (κ3) is 5.82. The molecule has 0 fully saturated rings. The summed E-state index contributed by atoms with van der Waals surface area (Å²) in [5.41, 5.74) is 0.474. The summed E-state index contributed by atoms with van der Waals surface area (Å²) in [5.74, 6) is -0.500. The van der Waals surface area contributed by atoms with Crippen LogP contribution in [0.1, 0.15) is 25.0 Å². The molecule has 7 nitrogen and oxygen atoms in total. The fourth-order valence-electron chi connectivity index (χ4n) is 1.99. The number of carboxylic acids is 1. The average Bonchev–Trinajstić information content (AvgIpc) is 2.55. The summed E-state index contributed by atoms with van der Waals surface area (Å²) in [5, 5.41) is 18.7. The normalized spacial score (nSPS) is 10.8. The fraction of sp³-hybridized carbons (Fsp3) is 0.353. The van der Waals surface area contributed by atoms with Gasteiger partial charge in [-0.3, -0.25) is 9.59 Å². The van der Waals surface area contributed by atoms with Crippen molar-refractivity contribution in [1.29, 1.82) is 0 Å². The lowest BCUT2D eigenvalue weighted by molar-refractivity contribution is -0.133. The number of benzene rings is 1. The predicted molar refractivity (Wildman–Crippen MR) is 94.5 cm³/mol. The van der Waals surface area contributed by atoms with Crippen LogP contribution in [0.4, 0.5) is 0 Å². The molecule has 1 aromatic carbocycles. The summed E-state index contributed by atoms with van der Waals surface area (Å²) in [6.07, 6.45) is 0.211. The minimum atomic E-state index is -1.03. The fourth-order valence-corrected chi connectivity index (χ4v) is 2.57. The summed E-state index contributed by atoms with van der Waals surface area (Å²) < 4.78 is 5.60. The Morgan fingerprint density at radius 3 is 2.56 bits per heavy atom. The Morgan fingerprint density at radius 1 is 1.32 bits per heavy atom. The van der Waals surface area contributed by atoms with Crippen LogP contribution >= 0.6 is 11.8 Å². The van der Waals surface area contributed by atoms with Crippen LogP contribution in [-0.4, -0.2) is 38.5 Å². The number of ether oxygens (including phenoxy) is 1. The van der Waals surface area contributed by atoms with Gasteiger partial charge in [0.2, 0.25) is 5.88 Å². The van der Waals surface area contributed by atoms with Gasteiger partial charge in [0.25, 0.3) is 5.56 Å². The highest BCUT2D eigenvalue weighted by molar-refractivity contribution is 7.99. The van der Waals surface area contributed by atoms with Crippen LogP contribution in [0.5, 0.6) is 11.6 Å². The first-order chi connectivity index (χ1) is 11.8. The number of thioether (sulfide) groups is 1. The number of nitrogens with one attached hydrogen (secondary N) is 1. The maximum atomic E-state index is 12.1. The van der Waals surface area contributed by atoms with Gasteiger partial charge in [0.05, 0.1) is 17.9 Å². The summed E-state index contributed by atoms with van der Waals surface area (Å²) in [6, 6.07) is 7.27. The molecule has 0 radical (unpaired) electrons. The number of aromatic hydroxyl groups is 1. The topological polar surface area (TPSA) is 113 Å². The maximum Gasteiger partial charge on any atom is 0.313 e. The number of carbonyl (C=O) groups is 1. The van der Waals surface area contributed by atoms with Crippen molar-refractivity contribution in [2.75, 3.05) is 12.4 Å². The predicted octanol–water partition coefficient (Wildman–Crippen LogP) is 2.28. The highest BCUT2D eigenvalue weighted by Gasteiger charge is 2.13. The zero-order valence-electron chi connectivity index (χ0n) is 14.0. The van der Waals surface area contributed by atoms with Crippen molar-refractivity contribution in [3.63, 3.8) is 0 Å². The first-order valence-electron chi connectivity index (χ1n) is 7.73. The molecule has 0 saturated heterocycles. The van der Waals surface area contributed by atoms with E-state index in [1.165, 1.54) is 0 Å². The van der Waals surface area contributed by atoms with E-state index in [-0.39, 0.29) is 22.9 Å². The summed E-state index contributed by atoms with van der Waals surface area (Å²) in [6.45, 7) is 4.75. The van der Waals surface area contributed by atoms with Crippen LogP contribution < -0.4 is 10.3 Å². The molecule has 0 aliphatic rings. The van der Waals surface area contributed by atoms with Crippen molar-refractivity contribution in [3.8, 4) is 11.6 Å². The second-order valence-electron chi connectivity index (χ2n) is 5.88.